The Morgan fingerprint density at radius 1 is 0.973 bits per heavy atom. The zero-order chi connectivity index (χ0) is 26.6. The molecule has 3 aromatic rings. The summed E-state index contributed by atoms with van der Waals surface area (Å²) in [5.41, 5.74) is 6.58. The molecule has 0 aliphatic heterocycles. The Kier molecular flexibility index (Phi) is 8.37. The number of carbonyl (C=O) groups is 1. The van der Waals surface area contributed by atoms with Crippen molar-refractivity contribution in [2.45, 2.75) is 61.1 Å². The summed E-state index contributed by atoms with van der Waals surface area (Å²) in [6.45, 7) is 0.337. The molecule has 1 aliphatic rings. The van der Waals surface area contributed by atoms with Gasteiger partial charge in [-0.3, -0.25) is 4.79 Å². The molecule has 198 valence electrons. The predicted octanol–water partition coefficient (Wildman–Crippen LogP) is 4.84. The van der Waals surface area contributed by atoms with Crippen LogP contribution < -0.4 is 15.8 Å². The molecule has 0 saturated heterocycles. The molecule has 4 rings (SSSR count). The molecular formula is C26H28F3N3O3S2. The Balaban J connectivity index is 1.41. The van der Waals surface area contributed by atoms with E-state index in [4.69, 9.17) is 5.73 Å². The molecule has 2 atom stereocenters. The molecule has 0 spiro atoms. The number of primary amides is 1. The van der Waals surface area contributed by atoms with Crippen molar-refractivity contribution in [3.8, 4) is 0 Å². The number of amides is 1. The zero-order valence-corrected chi connectivity index (χ0v) is 21.6. The molecule has 37 heavy (non-hydrogen) atoms. The van der Waals surface area contributed by atoms with Gasteiger partial charge in [-0.15, -0.1) is 11.3 Å². The van der Waals surface area contributed by atoms with Crippen molar-refractivity contribution in [3.05, 3.63) is 87.8 Å². The van der Waals surface area contributed by atoms with Crippen molar-refractivity contribution in [3.63, 3.8) is 0 Å². The van der Waals surface area contributed by atoms with Gasteiger partial charge in [-0.2, -0.15) is 13.2 Å². The molecule has 1 aromatic heterocycles. The zero-order valence-electron chi connectivity index (χ0n) is 19.9. The predicted molar refractivity (Wildman–Crippen MR) is 137 cm³/mol. The third kappa shape index (κ3) is 6.98. The highest BCUT2D eigenvalue weighted by Crippen LogP contribution is 2.30. The van der Waals surface area contributed by atoms with E-state index in [0.29, 0.717) is 30.5 Å². The molecule has 1 saturated carbocycles. The molecule has 1 fully saturated rings. The van der Waals surface area contributed by atoms with Gasteiger partial charge < -0.3 is 11.1 Å². The van der Waals surface area contributed by atoms with Gasteiger partial charge in [-0.25, -0.2) is 13.1 Å². The fourth-order valence-corrected chi connectivity index (χ4v) is 7.24. The largest absolute Gasteiger partial charge is 0.416 e. The van der Waals surface area contributed by atoms with Crippen LogP contribution >= 0.6 is 11.3 Å². The van der Waals surface area contributed by atoms with Gasteiger partial charge in [0.1, 0.15) is 4.21 Å². The maximum atomic E-state index is 13.2. The highest BCUT2D eigenvalue weighted by atomic mass is 32.2. The summed E-state index contributed by atoms with van der Waals surface area (Å²) in [6.07, 6.45) is -0.760. The van der Waals surface area contributed by atoms with Crippen molar-refractivity contribution in [2.75, 3.05) is 0 Å². The summed E-state index contributed by atoms with van der Waals surface area (Å²) in [4.78, 5) is 12.5. The second kappa shape index (κ2) is 11.3. The van der Waals surface area contributed by atoms with Crippen LogP contribution in [0, 0.1) is 0 Å². The Labute approximate surface area is 218 Å². The van der Waals surface area contributed by atoms with E-state index in [1.54, 1.807) is 36.4 Å². The van der Waals surface area contributed by atoms with Crippen LogP contribution in [0.1, 0.15) is 57.6 Å². The van der Waals surface area contributed by atoms with E-state index in [9.17, 15) is 26.4 Å². The maximum Gasteiger partial charge on any atom is 0.416 e. The van der Waals surface area contributed by atoms with Crippen LogP contribution in [0.25, 0.3) is 0 Å². The van der Waals surface area contributed by atoms with Crippen molar-refractivity contribution in [2.24, 2.45) is 5.73 Å². The Morgan fingerprint density at radius 2 is 1.65 bits per heavy atom. The first-order valence-electron chi connectivity index (χ1n) is 11.9. The van der Waals surface area contributed by atoms with Gasteiger partial charge in [0.15, 0.2) is 0 Å². The maximum absolute atomic E-state index is 13.2. The second-order valence-electron chi connectivity index (χ2n) is 9.11. The number of hydrogen-bond acceptors (Lipinski definition) is 5. The Bertz CT molecular complexity index is 1340. The first-order chi connectivity index (χ1) is 17.5. The minimum absolute atomic E-state index is 0.146. The molecule has 1 aliphatic carbocycles. The first kappa shape index (κ1) is 27.3. The minimum atomic E-state index is -4.38. The molecule has 1 heterocycles. The topological polar surface area (TPSA) is 101 Å². The van der Waals surface area contributed by atoms with Crippen LogP contribution in [0.3, 0.4) is 0 Å². The molecule has 0 radical (unpaired) electrons. The second-order valence-corrected chi connectivity index (χ2v) is 12.2. The highest BCUT2D eigenvalue weighted by molar-refractivity contribution is 7.91. The number of sulfonamides is 1. The van der Waals surface area contributed by atoms with E-state index in [0.717, 1.165) is 53.2 Å². The van der Waals surface area contributed by atoms with Crippen molar-refractivity contribution < 1.29 is 26.4 Å². The van der Waals surface area contributed by atoms with Gasteiger partial charge in [0.25, 0.3) is 0 Å². The molecule has 1 amide bonds. The van der Waals surface area contributed by atoms with Gasteiger partial charge in [-0.1, -0.05) is 43.2 Å². The molecule has 0 bridgehead atoms. The molecule has 4 N–H and O–H groups in total. The van der Waals surface area contributed by atoms with E-state index in [-0.39, 0.29) is 16.3 Å². The number of halogens is 3. The lowest BCUT2D eigenvalue weighted by molar-refractivity contribution is -0.137. The molecule has 2 unspecified atom stereocenters. The number of alkyl halides is 3. The molecule has 11 heteroatoms. The third-order valence-electron chi connectivity index (χ3n) is 6.47. The lowest BCUT2D eigenvalue weighted by Gasteiger charge is -2.32. The van der Waals surface area contributed by atoms with Gasteiger partial charge in [0.2, 0.25) is 15.9 Å². The summed E-state index contributed by atoms with van der Waals surface area (Å²) in [6, 6.07) is 14.7. The number of carbonyl (C=O) groups excluding carboxylic acids is 1. The Morgan fingerprint density at radius 3 is 2.32 bits per heavy atom. The normalized spacial score (nSPS) is 18.6. The number of hydrogen-bond donors (Lipinski definition) is 3. The molecular weight excluding hydrogens is 523 g/mol. The van der Waals surface area contributed by atoms with Crippen LogP contribution in [0.2, 0.25) is 0 Å². The number of benzene rings is 2. The summed E-state index contributed by atoms with van der Waals surface area (Å²) in [5.74, 6) is -0.534. The number of rotatable bonds is 9. The quantitative estimate of drug-likeness (QED) is 0.354. The highest BCUT2D eigenvalue weighted by Gasteiger charge is 2.31. The van der Waals surface area contributed by atoms with Gasteiger partial charge in [0, 0.05) is 35.5 Å². The van der Waals surface area contributed by atoms with Gasteiger partial charge in [-0.05, 0) is 54.3 Å². The smallest absolute Gasteiger partial charge is 0.366 e. The molecule has 2 aromatic carbocycles. The van der Waals surface area contributed by atoms with Gasteiger partial charge in [0.05, 0.1) is 5.56 Å². The summed E-state index contributed by atoms with van der Waals surface area (Å²) in [7, 11) is -3.78. The SMILES string of the molecule is NC(=O)c1ccccc1Cc1ccc(S(=O)(=O)NC2CCCCC2NCc2ccc(C(F)(F)F)cc2)s1. The van der Waals surface area contributed by atoms with Crippen LogP contribution in [-0.4, -0.2) is 26.4 Å². The van der Waals surface area contributed by atoms with E-state index in [1.165, 1.54) is 12.1 Å². The van der Waals surface area contributed by atoms with Gasteiger partial charge >= 0.3 is 6.18 Å². The van der Waals surface area contributed by atoms with E-state index >= 15 is 0 Å². The standard InChI is InChI=1S/C26H28F3N3O3S2/c27-26(28,29)19-11-9-17(10-12-19)16-31-22-7-3-4-8-23(22)32-37(34,35)24-14-13-20(36-24)15-18-5-1-2-6-21(18)25(30)33/h1-2,5-6,9-14,22-23,31-32H,3-4,7-8,15-16H2,(H2,30,33). The number of nitrogens with one attached hydrogen (secondary N) is 2. The van der Waals surface area contributed by atoms with Crippen LogP contribution in [0.15, 0.2) is 64.9 Å². The van der Waals surface area contributed by atoms with E-state index < -0.39 is 27.7 Å². The summed E-state index contributed by atoms with van der Waals surface area (Å²) in [5, 5.41) is 3.33. The Hall–Kier alpha value is -2.73. The van der Waals surface area contributed by atoms with Crippen LogP contribution in [0.4, 0.5) is 13.2 Å². The monoisotopic (exact) mass is 551 g/mol. The molecule has 6 nitrogen and oxygen atoms in total. The number of thiophene rings is 1. The fourth-order valence-electron chi connectivity index (χ4n) is 4.53. The summed E-state index contributed by atoms with van der Waals surface area (Å²) < 4.78 is 67.8. The van der Waals surface area contributed by atoms with E-state index in [2.05, 4.69) is 10.0 Å². The number of nitrogens with two attached hydrogens (primary N) is 1. The summed E-state index contributed by atoms with van der Waals surface area (Å²) >= 11 is 1.14. The fraction of sp³-hybridized carbons (Fsp3) is 0.346. The third-order valence-corrected chi connectivity index (χ3v) is 9.54. The average molecular weight is 552 g/mol. The van der Waals surface area contributed by atoms with Crippen LogP contribution in [0.5, 0.6) is 0 Å². The lowest BCUT2D eigenvalue weighted by atomic mass is 9.91. The first-order valence-corrected chi connectivity index (χ1v) is 14.2. The lowest BCUT2D eigenvalue weighted by Crippen LogP contribution is -2.51. The average Bonchev–Trinajstić information content (AvgIpc) is 3.33. The van der Waals surface area contributed by atoms with Crippen LogP contribution in [-0.2, 0) is 29.2 Å². The van der Waals surface area contributed by atoms with Crippen molar-refractivity contribution >= 4 is 27.3 Å². The van der Waals surface area contributed by atoms with Crippen molar-refractivity contribution in [1.29, 1.82) is 0 Å². The van der Waals surface area contributed by atoms with E-state index in [1.807, 2.05) is 0 Å². The minimum Gasteiger partial charge on any atom is -0.366 e. The van der Waals surface area contributed by atoms with Crippen molar-refractivity contribution in [1.82, 2.24) is 10.0 Å².